The van der Waals surface area contributed by atoms with Crippen LogP contribution in [0.1, 0.15) is 44.7 Å². The number of aliphatic imine (C=N–C) groups is 2. The highest BCUT2D eigenvalue weighted by Crippen LogP contribution is 2.37. The lowest BCUT2D eigenvalue weighted by atomic mass is 9.76. The third kappa shape index (κ3) is 4.94. The minimum Gasteiger partial charge on any atom is -0.387 e. The Balaban J connectivity index is 1.43. The number of fused-ring (bicyclic) bond motifs is 3. The first-order valence-electron chi connectivity index (χ1n) is 13.8. The van der Waals surface area contributed by atoms with Crippen LogP contribution in [0.3, 0.4) is 0 Å². The van der Waals surface area contributed by atoms with Gasteiger partial charge in [0, 0.05) is 43.6 Å². The molecule has 0 radical (unpaired) electrons. The van der Waals surface area contributed by atoms with Crippen LogP contribution in [0, 0.1) is 5.92 Å². The van der Waals surface area contributed by atoms with Gasteiger partial charge in [0.15, 0.2) is 5.84 Å². The molecule has 3 N–H and O–H groups in total. The Labute approximate surface area is 240 Å². The number of nitrogens with one attached hydrogen (secondary N) is 1. The predicted octanol–water partition coefficient (Wildman–Crippen LogP) is 4.85. The lowest BCUT2D eigenvalue weighted by molar-refractivity contribution is -0.119. The van der Waals surface area contributed by atoms with E-state index in [1.807, 2.05) is 47.7 Å². The van der Waals surface area contributed by atoms with Gasteiger partial charge in [-0.25, -0.2) is 9.98 Å². The van der Waals surface area contributed by atoms with E-state index < -0.39 is 11.2 Å². The highest BCUT2D eigenvalue weighted by atomic mass is 32.1. The van der Waals surface area contributed by atoms with Crippen LogP contribution in [-0.4, -0.2) is 47.1 Å². The van der Waals surface area contributed by atoms with Crippen molar-refractivity contribution in [3.05, 3.63) is 102 Å². The predicted molar refractivity (Wildman–Crippen MR) is 171 cm³/mol. The third-order valence-electron chi connectivity index (χ3n) is 8.33. The second-order valence-electron chi connectivity index (χ2n) is 11.7. The Hall–Kier alpha value is -3.52. The molecular formula is C33H34BN3O2S. The van der Waals surface area contributed by atoms with Gasteiger partial charge in [0.2, 0.25) is 0 Å². The van der Waals surface area contributed by atoms with Gasteiger partial charge < -0.3 is 15.5 Å². The molecule has 4 aromatic rings. The Kier molecular flexibility index (Phi) is 6.77. The molecule has 0 fully saturated rings. The van der Waals surface area contributed by atoms with Gasteiger partial charge in [-0.3, -0.25) is 0 Å². The maximum Gasteiger partial charge on any atom is 0.159 e. The maximum atomic E-state index is 11.2. The Morgan fingerprint density at radius 2 is 1.73 bits per heavy atom. The molecule has 0 amide bonds. The molecule has 3 atom stereocenters. The van der Waals surface area contributed by atoms with Crippen LogP contribution < -0.4 is 10.8 Å². The fourth-order valence-electron chi connectivity index (χ4n) is 5.48. The quantitative estimate of drug-likeness (QED) is 0.302. The second-order valence-corrected chi connectivity index (χ2v) is 12.7. The molecule has 0 saturated carbocycles. The van der Waals surface area contributed by atoms with Crippen molar-refractivity contribution in [2.75, 3.05) is 0 Å². The van der Waals surface area contributed by atoms with Crippen molar-refractivity contribution in [2.24, 2.45) is 15.9 Å². The zero-order valence-electron chi connectivity index (χ0n) is 23.3. The number of aliphatic hydroxyl groups is 2. The average molecular weight is 548 g/mol. The van der Waals surface area contributed by atoms with Gasteiger partial charge in [-0.2, -0.15) is 0 Å². The second kappa shape index (κ2) is 10.1. The van der Waals surface area contributed by atoms with Crippen molar-refractivity contribution in [2.45, 2.75) is 51.0 Å². The van der Waals surface area contributed by atoms with Crippen LogP contribution in [0.4, 0.5) is 0 Å². The number of allylic oxidation sites excluding steroid dienone is 3. The first-order chi connectivity index (χ1) is 19.1. The van der Waals surface area contributed by atoms with E-state index in [0.717, 1.165) is 34.4 Å². The van der Waals surface area contributed by atoms with Gasteiger partial charge in [-0.15, -0.1) is 11.3 Å². The minimum atomic E-state index is -1.29. The van der Waals surface area contributed by atoms with Crippen LogP contribution in [0.25, 0.3) is 20.2 Å². The molecule has 1 aromatic heterocycles. The largest absolute Gasteiger partial charge is 0.387 e. The van der Waals surface area contributed by atoms with E-state index in [9.17, 15) is 10.2 Å². The summed E-state index contributed by atoms with van der Waals surface area (Å²) in [6.07, 6.45) is 7.08. The molecular weight excluding hydrogens is 513 g/mol. The van der Waals surface area contributed by atoms with Crippen LogP contribution in [-0.2, 0) is 0 Å². The summed E-state index contributed by atoms with van der Waals surface area (Å²) in [6.45, 7) is 5.01. The van der Waals surface area contributed by atoms with Crippen LogP contribution in [0.15, 0.2) is 101 Å². The van der Waals surface area contributed by atoms with E-state index in [1.165, 1.54) is 20.2 Å². The zero-order chi connectivity index (χ0) is 28.1. The number of rotatable bonds is 6. The minimum absolute atomic E-state index is 0.00551. The van der Waals surface area contributed by atoms with E-state index >= 15 is 0 Å². The van der Waals surface area contributed by atoms with Crippen LogP contribution in [0.2, 0.25) is 0 Å². The van der Waals surface area contributed by atoms with E-state index in [0.29, 0.717) is 12.3 Å². The summed E-state index contributed by atoms with van der Waals surface area (Å²) in [7, 11) is 2.14. The third-order valence-corrected chi connectivity index (χ3v) is 9.47. The van der Waals surface area contributed by atoms with Crippen molar-refractivity contribution in [1.29, 1.82) is 0 Å². The molecule has 0 spiro atoms. The summed E-state index contributed by atoms with van der Waals surface area (Å²) < 4.78 is 2.54. The van der Waals surface area contributed by atoms with Crippen molar-refractivity contribution >= 4 is 56.5 Å². The van der Waals surface area contributed by atoms with E-state index in [-0.39, 0.29) is 12.1 Å². The molecule has 1 aliphatic heterocycles. The zero-order valence-corrected chi connectivity index (χ0v) is 24.2. The molecule has 2 heterocycles. The first-order valence-corrected chi connectivity index (χ1v) is 14.6. The molecule has 6 rings (SSSR count). The lowest BCUT2D eigenvalue weighted by Crippen LogP contribution is -2.50. The molecule has 1 aliphatic carbocycles. The van der Waals surface area contributed by atoms with Crippen LogP contribution >= 0.6 is 11.3 Å². The summed E-state index contributed by atoms with van der Waals surface area (Å²) in [6, 6.07) is 23.2. The van der Waals surface area contributed by atoms with Crippen molar-refractivity contribution in [1.82, 2.24) is 5.32 Å². The molecule has 0 saturated heterocycles. The summed E-state index contributed by atoms with van der Waals surface area (Å²) in [5, 5.41) is 28.0. The monoisotopic (exact) mass is 547 g/mol. The number of thiophene rings is 1. The van der Waals surface area contributed by atoms with Gasteiger partial charge in [-0.05, 0) is 45.4 Å². The summed E-state index contributed by atoms with van der Waals surface area (Å²) in [5.41, 5.74) is 1.70. The number of hydrogen-bond acceptors (Lipinski definition) is 6. The topological polar surface area (TPSA) is 77.2 Å². The molecule has 2 aliphatic rings. The van der Waals surface area contributed by atoms with E-state index in [4.69, 9.17) is 9.98 Å². The van der Waals surface area contributed by atoms with Gasteiger partial charge in [-0.1, -0.05) is 77.8 Å². The molecule has 0 bridgehead atoms. The molecule has 3 aromatic carbocycles. The van der Waals surface area contributed by atoms with Crippen molar-refractivity contribution in [3.8, 4) is 0 Å². The fraction of sp³-hybridized carbons (Fsp3) is 0.273. The number of amidine groups is 2. The summed E-state index contributed by atoms with van der Waals surface area (Å²) >= 11 is 1.82. The van der Waals surface area contributed by atoms with Gasteiger partial charge in [0.05, 0.1) is 11.2 Å². The van der Waals surface area contributed by atoms with Crippen LogP contribution in [0.5, 0.6) is 0 Å². The van der Waals surface area contributed by atoms with Crippen molar-refractivity contribution < 1.29 is 10.2 Å². The molecule has 40 heavy (non-hydrogen) atoms. The fourth-order valence-corrected chi connectivity index (χ4v) is 6.67. The lowest BCUT2D eigenvalue weighted by Gasteiger charge is -2.39. The molecule has 7 heteroatoms. The Bertz CT molecular complexity index is 1710. The number of nitrogens with zero attached hydrogens (tertiary/aromatic N) is 2. The van der Waals surface area contributed by atoms with Crippen molar-refractivity contribution in [3.63, 3.8) is 0 Å². The normalized spacial score (nSPS) is 21.0. The number of benzene rings is 3. The molecule has 5 nitrogen and oxygen atoms in total. The Morgan fingerprint density at radius 1 is 0.975 bits per heavy atom. The highest BCUT2D eigenvalue weighted by molar-refractivity contribution is 7.25. The smallest absolute Gasteiger partial charge is 0.159 e. The Morgan fingerprint density at radius 3 is 2.50 bits per heavy atom. The standard InChI is InChI=1S/C33H34BN3O2S/c1-32(2,38)33(3,39)19-21-13-7-8-14-22(21)30-35-29(20-11-5-4-6-12-20)36-31(37-30)25-17-24-23-15-9-10-16-27(23)40-28(24)18-26(25)34/h4-13,15-18,22,30,38-39H,14,19,34H2,1-3H3,(H,35,36,37). The van der Waals surface area contributed by atoms with Gasteiger partial charge >= 0.3 is 0 Å². The van der Waals surface area contributed by atoms with Gasteiger partial charge in [0.25, 0.3) is 0 Å². The van der Waals surface area contributed by atoms with E-state index in [1.54, 1.807) is 20.8 Å². The number of hydrogen-bond donors (Lipinski definition) is 3. The molecule has 3 unspecified atom stereocenters. The van der Waals surface area contributed by atoms with Gasteiger partial charge in [0.1, 0.15) is 19.8 Å². The van der Waals surface area contributed by atoms with E-state index in [2.05, 4.69) is 61.7 Å². The molecule has 202 valence electrons. The SMILES string of the molecule is Bc1cc2sc3ccccc3c2cc1C1=NC(c2ccccc2)=NC(C2CC=CC=C2CC(C)(O)C(C)(C)O)N1. The maximum absolute atomic E-state index is 11.2. The average Bonchev–Trinajstić information content (AvgIpc) is 3.29. The highest BCUT2D eigenvalue weighted by Gasteiger charge is 2.41. The summed E-state index contributed by atoms with van der Waals surface area (Å²) in [4.78, 5) is 10.2. The first kappa shape index (κ1) is 26.7. The summed E-state index contributed by atoms with van der Waals surface area (Å²) in [5.74, 6) is 1.49.